The third kappa shape index (κ3) is 5.48. The predicted octanol–water partition coefficient (Wildman–Crippen LogP) is 3.23. The molecule has 2 aromatic carbocycles. The van der Waals surface area contributed by atoms with Crippen LogP contribution in [-0.2, 0) is 11.3 Å². The Morgan fingerprint density at radius 3 is 2.39 bits per heavy atom. The zero-order valence-corrected chi connectivity index (χ0v) is 15.5. The van der Waals surface area contributed by atoms with Gasteiger partial charge in [-0.05, 0) is 39.5 Å². The monoisotopic (exact) mass is 375 g/mol. The Balaban J connectivity index is 1.87. The normalized spacial score (nSPS) is 12.2. The zero-order valence-electron chi connectivity index (χ0n) is 13.9. The lowest BCUT2D eigenvalue weighted by molar-refractivity contribution is -0.885. The number of hydrogen-bond donors (Lipinski definition) is 2. The molecule has 0 heterocycles. The molecule has 0 fully saturated rings. The fourth-order valence-electron chi connectivity index (χ4n) is 2.46. The number of anilines is 1. The van der Waals surface area contributed by atoms with Gasteiger partial charge in [-0.3, -0.25) is 4.79 Å². The Hall–Kier alpha value is -1.65. The lowest BCUT2D eigenvalue weighted by atomic mass is 10.0. The summed E-state index contributed by atoms with van der Waals surface area (Å²) in [4.78, 5) is 13.3. The molecule has 0 radical (unpaired) electrons. The Bertz CT molecular complexity index is 653. The zero-order chi connectivity index (χ0) is 16.8. The Morgan fingerprint density at radius 1 is 1.13 bits per heavy atom. The molecule has 2 N–H and O–H groups in total. The van der Waals surface area contributed by atoms with Gasteiger partial charge in [0.15, 0.2) is 6.54 Å². The number of nitrogens with one attached hydrogen (secondary N) is 2. The number of halogens is 1. The molecule has 1 atom stereocenters. The Labute approximate surface area is 146 Å². The molecular weight excluding hydrogens is 352 g/mol. The molecule has 0 spiro atoms. The first-order valence-corrected chi connectivity index (χ1v) is 8.69. The summed E-state index contributed by atoms with van der Waals surface area (Å²) in [6.45, 7) is 5.66. The molecule has 0 aliphatic heterocycles. The SMILES string of the molecule is CC(C)c1ccc(C[NH+](C)CC(=O)Nc2ccccc2Br)cc1. The highest BCUT2D eigenvalue weighted by molar-refractivity contribution is 9.10. The van der Waals surface area contributed by atoms with Crippen LogP contribution in [0.5, 0.6) is 0 Å². The topological polar surface area (TPSA) is 33.5 Å². The molecule has 2 rings (SSSR count). The molecule has 122 valence electrons. The van der Waals surface area contributed by atoms with Crippen LogP contribution in [0.2, 0.25) is 0 Å². The van der Waals surface area contributed by atoms with E-state index in [2.05, 4.69) is 59.4 Å². The molecule has 1 amide bonds. The minimum Gasteiger partial charge on any atom is -0.326 e. The van der Waals surface area contributed by atoms with Crippen LogP contribution in [0.3, 0.4) is 0 Å². The number of rotatable bonds is 6. The molecule has 0 aliphatic rings. The third-order valence-corrected chi connectivity index (χ3v) is 4.45. The standard InChI is InChI=1S/C19H23BrN2O/c1-14(2)16-10-8-15(9-11-16)12-22(3)13-19(23)21-18-7-5-4-6-17(18)20/h4-11,14H,12-13H2,1-3H3,(H,21,23)/p+1. The predicted molar refractivity (Wildman–Crippen MR) is 98.8 cm³/mol. The van der Waals surface area contributed by atoms with Crippen LogP contribution in [0, 0.1) is 0 Å². The van der Waals surface area contributed by atoms with Crippen molar-refractivity contribution in [2.45, 2.75) is 26.3 Å². The second-order valence-corrected chi connectivity index (χ2v) is 7.09. The number of carbonyl (C=O) groups excluding carboxylic acids is 1. The maximum absolute atomic E-state index is 12.2. The van der Waals surface area contributed by atoms with Crippen molar-refractivity contribution in [1.29, 1.82) is 0 Å². The van der Waals surface area contributed by atoms with E-state index in [0.29, 0.717) is 12.5 Å². The maximum Gasteiger partial charge on any atom is 0.279 e. The summed E-state index contributed by atoms with van der Waals surface area (Å²) in [6, 6.07) is 16.3. The molecule has 4 heteroatoms. The minimum atomic E-state index is 0.0215. The summed E-state index contributed by atoms with van der Waals surface area (Å²) in [5.41, 5.74) is 3.41. The molecule has 0 saturated carbocycles. The molecule has 0 aromatic heterocycles. The van der Waals surface area contributed by atoms with Crippen LogP contribution in [0.1, 0.15) is 30.9 Å². The first-order chi connectivity index (χ1) is 11.0. The molecule has 3 nitrogen and oxygen atoms in total. The van der Waals surface area contributed by atoms with Crippen molar-refractivity contribution < 1.29 is 9.69 Å². The van der Waals surface area contributed by atoms with Crippen molar-refractivity contribution in [3.63, 3.8) is 0 Å². The van der Waals surface area contributed by atoms with Crippen LogP contribution >= 0.6 is 15.9 Å². The molecule has 2 aromatic rings. The van der Waals surface area contributed by atoms with Gasteiger partial charge >= 0.3 is 0 Å². The quantitative estimate of drug-likeness (QED) is 0.798. The van der Waals surface area contributed by atoms with Gasteiger partial charge in [0.05, 0.1) is 12.7 Å². The van der Waals surface area contributed by atoms with Crippen LogP contribution < -0.4 is 10.2 Å². The van der Waals surface area contributed by atoms with E-state index < -0.39 is 0 Å². The highest BCUT2D eigenvalue weighted by Gasteiger charge is 2.12. The van der Waals surface area contributed by atoms with Crippen molar-refractivity contribution in [3.8, 4) is 0 Å². The van der Waals surface area contributed by atoms with Gasteiger partial charge in [-0.2, -0.15) is 0 Å². The molecule has 1 unspecified atom stereocenters. The number of hydrogen-bond acceptors (Lipinski definition) is 1. The minimum absolute atomic E-state index is 0.0215. The second kappa shape index (κ2) is 8.27. The first-order valence-electron chi connectivity index (χ1n) is 7.90. The van der Waals surface area contributed by atoms with E-state index >= 15 is 0 Å². The summed E-state index contributed by atoms with van der Waals surface area (Å²) < 4.78 is 0.898. The summed E-state index contributed by atoms with van der Waals surface area (Å²) >= 11 is 3.44. The van der Waals surface area contributed by atoms with Gasteiger partial charge in [0.1, 0.15) is 6.54 Å². The highest BCUT2D eigenvalue weighted by atomic mass is 79.9. The van der Waals surface area contributed by atoms with E-state index in [0.717, 1.165) is 21.6 Å². The number of carbonyl (C=O) groups is 1. The lowest BCUT2D eigenvalue weighted by Gasteiger charge is -2.15. The molecule has 0 bridgehead atoms. The number of benzene rings is 2. The highest BCUT2D eigenvalue weighted by Crippen LogP contribution is 2.20. The van der Waals surface area contributed by atoms with E-state index in [-0.39, 0.29) is 5.91 Å². The Morgan fingerprint density at radius 2 is 1.78 bits per heavy atom. The van der Waals surface area contributed by atoms with Crippen LogP contribution in [-0.4, -0.2) is 19.5 Å². The average Bonchev–Trinajstić information content (AvgIpc) is 2.50. The third-order valence-electron chi connectivity index (χ3n) is 3.76. The number of para-hydroxylation sites is 1. The lowest BCUT2D eigenvalue weighted by Crippen LogP contribution is -3.08. The van der Waals surface area contributed by atoms with Crippen molar-refractivity contribution in [3.05, 3.63) is 64.1 Å². The summed E-state index contributed by atoms with van der Waals surface area (Å²) in [7, 11) is 2.04. The van der Waals surface area contributed by atoms with Gasteiger partial charge in [-0.15, -0.1) is 0 Å². The molecule has 0 saturated heterocycles. The average molecular weight is 376 g/mol. The van der Waals surface area contributed by atoms with E-state index in [1.165, 1.54) is 11.1 Å². The van der Waals surface area contributed by atoms with Crippen molar-refractivity contribution in [1.82, 2.24) is 0 Å². The second-order valence-electron chi connectivity index (χ2n) is 6.23. The van der Waals surface area contributed by atoms with Crippen LogP contribution in [0.4, 0.5) is 5.69 Å². The fraction of sp³-hybridized carbons (Fsp3) is 0.316. The first kappa shape index (κ1) is 17.7. The Kier molecular flexibility index (Phi) is 6.37. The molecular formula is C19H24BrN2O+. The summed E-state index contributed by atoms with van der Waals surface area (Å²) in [5.74, 6) is 0.567. The van der Waals surface area contributed by atoms with Gasteiger partial charge < -0.3 is 10.2 Å². The maximum atomic E-state index is 12.2. The van der Waals surface area contributed by atoms with Gasteiger partial charge in [-0.1, -0.05) is 50.2 Å². The van der Waals surface area contributed by atoms with Crippen molar-refractivity contribution >= 4 is 27.5 Å². The van der Waals surface area contributed by atoms with Crippen molar-refractivity contribution in [2.24, 2.45) is 0 Å². The van der Waals surface area contributed by atoms with E-state index in [1.54, 1.807) is 0 Å². The largest absolute Gasteiger partial charge is 0.326 e. The molecule has 0 aliphatic carbocycles. The molecule has 23 heavy (non-hydrogen) atoms. The van der Waals surface area contributed by atoms with Gasteiger partial charge in [0.2, 0.25) is 0 Å². The van der Waals surface area contributed by atoms with E-state index in [4.69, 9.17) is 0 Å². The fourth-order valence-corrected chi connectivity index (χ4v) is 2.85. The number of likely N-dealkylation sites (N-methyl/N-ethyl adjacent to an activating group) is 1. The van der Waals surface area contributed by atoms with Gasteiger partial charge in [0, 0.05) is 10.0 Å². The van der Waals surface area contributed by atoms with E-state index in [9.17, 15) is 4.79 Å². The van der Waals surface area contributed by atoms with Crippen LogP contribution in [0.25, 0.3) is 0 Å². The van der Waals surface area contributed by atoms with Crippen LogP contribution in [0.15, 0.2) is 53.0 Å². The summed E-state index contributed by atoms with van der Waals surface area (Å²) in [6.07, 6.45) is 0. The van der Waals surface area contributed by atoms with E-state index in [1.807, 2.05) is 31.3 Å². The van der Waals surface area contributed by atoms with Gasteiger partial charge in [0.25, 0.3) is 5.91 Å². The summed E-state index contributed by atoms with van der Waals surface area (Å²) in [5, 5.41) is 2.94. The smallest absolute Gasteiger partial charge is 0.279 e. The number of amides is 1. The number of quaternary nitrogens is 1. The van der Waals surface area contributed by atoms with Crippen molar-refractivity contribution in [2.75, 3.05) is 18.9 Å². The van der Waals surface area contributed by atoms with Gasteiger partial charge in [-0.25, -0.2) is 0 Å².